The second kappa shape index (κ2) is 17.7. The highest BCUT2D eigenvalue weighted by molar-refractivity contribution is 6.33. The fourth-order valence-electron chi connectivity index (χ4n) is 10.4. The number of carbonyl (C=O) groups is 4. The van der Waals surface area contributed by atoms with Gasteiger partial charge in [-0.2, -0.15) is 0 Å². The molecule has 1 atom stereocenters. The molecule has 0 aliphatic carbocycles. The molecule has 1 spiro atoms. The summed E-state index contributed by atoms with van der Waals surface area (Å²) in [6, 6.07) is 11.7. The number of aromatic nitrogens is 2. The van der Waals surface area contributed by atoms with Gasteiger partial charge in [-0.1, -0.05) is 11.6 Å². The molecule has 0 saturated carbocycles. The zero-order chi connectivity index (χ0) is 46.7. The van der Waals surface area contributed by atoms with Crippen LogP contribution in [-0.4, -0.2) is 122 Å². The molecule has 4 aromatic rings. The Bertz CT molecular complexity index is 2670. The van der Waals surface area contributed by atoms with E-state index < -0.39 is 23.3 Å². The number of fused-ring (bicyclic) bond motifs is 2. The summed E-state index contributed by atoms with van der Waals surface area (Å²) in [7, 11) is 3.00. The summed E-state index contributed by atoms with van der Waals surface area (Å²) >= 11 is 6.65. The largest absolute Gasteiger partial charge is 0.494 e. The number of methoxy groups -OCH3 is 1. The Kier molecular flexibility index (Phi) is 12.1. The molecule has 2 aromatic carbocycles. The van der Waals surface area contributed by atoms with E-state index in [4.69, 9.17) is 21.1 Å². The minimum Gasteiger partial charge on any atom is -0.494 e. The molecule has 16 nitrogen and oxygen atoms in total. The number of likely N-dealkylation sites (N-methyl/N-ethyl adjacent to an activating group) is 1. The van der Waals surface area contributed by atoms with Crippen molar-refractivity contribution < 1.29 is 37.4 Å². The molecule has 4 fully saturated rings. The Morgan fingerprint density at radius 3 is 2.47 bits per heavy atom. The lowest BCUT2D eigenvalue weighted by Crippen LogP contribution is -2.70. The lowest BCUT2D eigenvalue weighted by molar-refractivity contribution is -0.181. The second-order valence-corrected chi connectivity index (χ2v) is 18.9. The third-order valence-electron chi connectivity index (χ3n) is 14.0. The predicted octanol–water partition coefficient (Wildman–Crippen LogP) is 5.33. The molecule has 9 rings (SSSR count). The zero-order valence-electron chi connectivity index (χ0n) is 37.4. The standard InChI is InChI=1S/C47H54ClF2N9O7/c1-27(2)59-35-7-5-30(17-29(35)18-38(45(59)64)66-23-41(61)51-3)53-34-19-39(52-20-33(34)48)56-14-11-28(12-15-56)21-55-16-13-46(47(49,50)26-55)24-57(25-46)36-8-6-31-32(42(36)65-4)22-58(44(31)63)37-9-10-40(60)54-43(37)62/h5-8,17-20,27-28,37H,9-16,21-26H2,1-4H3,(H,51,61)(H,52,53)(H,54,60,62). The number of piperidine rings is 3. The van der Waals surface area contributed by atoms with Crippen LogP contribution in [0.2, 0.25) is 5.02 Å². The van der Waals surface area contributed by atoms with Crippen molar-refractivity contribution in [3.63, 3.8) is 0 Å². The molecule has 4 amide bonds. The number of likely N-dealkylation sites (tertiary alicyclic amines) is 1. The van der Waals surface area contributed by atoms with Crippen LogP contribution in [0.25, 0.3) is 10.9 Å². The molecule has 5 aliphatic rings. The number of halogens is 3. The number of anilines is 4. The molecule has 2 aromatic heterocycles. The van der Waals surface area contributed by atoms with E-state index in [1.54, 1.807) is 29.0 Å². The monoisotopic (exact) mass is 929 g/mol. The molecule has 3 N–H and O–H groups in total. The van der Waals surface area contributed by atoms with Gasteiger partial charge in [0.25, 0.3) is 23.3 Å². The van der Waals surface area contributed by atoms with Crippen molar-refractivity contribution >= 4 is 69.0 Å². The van der Waals surface area contributed by atoms with Gasteiger partial charge in [0, 0.05) is 80.5 Å². The molecule has 19 heteroatoms. The van der Waals surface area contributed by atoms with Gasteiger partial charge in [-0.25, -0.2) is 13.8 Å². The topological polar surface area (TPSA) is 171 Å². The number of hydrogen-bond donors (Lipinski definition) is 3. The summed E-state index contributed by atoms with van der Waals surface area (Å²) in [5.41, 5.74) is 2.27. The maximum Gasteiger partial charge on any atom is 0.293 e. The smallest absolute Gasteiger partial charge is 0.293 e. The Hall–Kier alpha value is -6.01. The summed E-state index contributed by atoms with van der Waals surface area (Å²) in [6.07, 6.45) is 4.00. The van der Waals surface area contributed by atoms with Gasteiger partial charge in [-0.3, -0.25) is 34.2 Å². The van der Waals surface area contributed by atoms with Crippen molar-refractivity contribution in [2.75, 3.05) is 81.7 Å². The minimum absolute atomic E-state index is 0.0750. The first-order valence-corrected chi connectivity index (χ1v) is 22.9. The van der Waals surface area contributed by atoms with Crippen LogP contribution in [0.4, 0.5) is 31.7 Å². The van der Waals surface area contributed by atoms with E-state index in [1.165, 1.54) is 19.1 Å². The van der Waals surface area contributed by atoms with Crippen LogP contribution in [0.5, 0.6) is 11.5 Å². The van der Waals surface area contributed by atoms with Gasteiger partial charge in [-0.05, 0) is 88.4 Å². The first-order valence-electron chi connectivity index (χ1n) is 22.5. The summed E-state index contributed by atoms with van der Waals surface area (Å²) in [5, 5.41) is 9.38. The molecule has 350 valence electrons. The maximum absolute atomic E-state index is 16.2. The van der Waals surface area contributed by atoms with E-state index in [1.807, 2.05) is 47.9 Å². The molecule has 0 radical (unpaired) electrons. The van der Waals surface area contributed by atoms with Crippen molar-refractivity contribution in [2.24, 2.45) is 11.3 Å². The van der Waals surface area contributed by atoms with Gasteiger partial charge in [0.15, 0.2) is 12.4 Å². The van der Waals surface area contributed by atoms with Crippen LogP contribution in [0.15, 0.2) is 53.5 Å². The third-order valence-corrected chi connectivity index (χ3v) is 14.3. The van der Waals surface area contributed by atoms with Crippen LogP contribution >= 0.6 is 11.6 Å². The van der Waals surface area contributed by atoms with E-state index in [0.717, 1.165) is 35.2 Å². The van der Waals surface area contributed by atoms with E-state index in [-0.39, 0.29) is 86.6 Å². The molecular formula is C47H54ClF2N9O7. The van der Waals surface area contributed by atoms with Gasteiger partial charge in [-0.15, -0.1) is 0 Å². The van der Waals surface area contributed by atoms with Crippen molar-refractivity contribution in [3.8, 4) is 11.5 Å². The maximum atomic E-state index is 16.2. The van der Waals surface area contributed by atoms with Crippen molar-refractivity contribution in [1.29, 1.82) is 0 Å². The van der Waals surface area contributed by atoms with Gasteiger partial charge in [0.05, 0.1) is 53.7 Å². The van der Waals surface area contributed by atoms with E-state index in [0.29, 0.717) is 65.9 Å². The van der Waals surface area contributed by atoms with Crippen LogP contribution < -0.4 is 40.8 Å². The highest BCUT2D eigenvalue weighted by Crippen LogP contribution is 2.53. The quantitative estimate of drug-likeness (QED) is 0.156. The number of imide groups is 1. The van der Waals surface area contributed by atoms with Gasteiger partial charge >= 0.3 is 0 Å². The van der Waals surface area contributed by atoms with Gasteiger partial charge in [0.2, 0.25) is 11.8 Å². The molecular weight excluding hydrogens is 876 g/mol. The lowest BCUT2D eigenvalue weighted by Gasteiger charge is -2.58. The highest BCUT2D eigenvalue weighted by atomic mass is 35.5. The first-order chi connectivity index (χ1) is 31.6. The Morgan fingerprint density at radius 1 is 1.00 bits per heavy atom. The van der Waals surface area contributed by atoms with Crippen LogP contribution in [0, 0.1) is 11.3 Å². The van der Waals surface area contributed by atoms with Crippen molar-refractivity contribution in [3.05, 3.63) is 75.2 Å². The van der Waals surface area contributed by atoms with Gasteiger partial charge < -0.3 is 39.4 Å². The third kappa shape index (κ3) is 8.26. The molecule has 7 heterocycles. The number of alkyl halides is 2. The average Bonchev–Trinajstić information content (AvgIpc) is 3.60. The normalized spacial score (nSPS) is 20.7. The van der Waals surface area contributed by atoms with Crippen LogP contribution in [0.3, 0.4) is 0 Å². The number of benzene rings is 2. The average molecular weight is 930 g/mol. The SMILES string of the molecule is CNC(=O)COc1cc2cc(Nc3cc(N4CCC(CN5CCC6(CN(c7ccc8c(c7OC)CN(C7CCC(=O)NC7=O)C8=O)C6)C(F)(F)C5)CC4)ncc3Cl)ccc2n(C(C)C)c1=O. The fourth-order valence-corrected chi connectivity index (χ4v) is 10.5. The van der Waals surface area contributed by atoms with Gasteiger partial charge in [0.1, 0.15) is 17.6 Å². The molecule has 5 aliphatic heterocycles. The van der Waals surface area contributed by atoms with Crippen LogP contribution in [-0.2, 0) is 20.9 Å². The van der Waals surface area contributed by atoms with E-state index >= 15 is 8.78 Å². The van der Waals surface area contributed by atoms with Crippen LogP contribution in [0.1, 0.15) is 67.9 Å². The molecule has 1 unspecified atom stereocenters. The van der Waals surface area contributed by atoms with E-state index in [2.05, 4.69) is 25.8 Å². The number of carbonyl (C=O) groups excluding carboxylic acids is 4. The number of amides is 4. The van der Waals surface area contributed by atoms with E-state index in [9.17, 15) is 24.0 Å². The molecule has 0 bridgehead atoms. The second-order valence-electron chi connectivity index (χ2n) is 18.5. The summed E-state index contributed by atoms with van der Waals surface area (Å²) in [6.45, 7) is 6.27. The minimum atomic E-state index is -2.91. The number of ether oxygens (including phenoxy) is 2. The number of nitrogens with one attached hydrogen (secondary N) is 3. The Morgan fingerprint density at radius 2 is 1.77 bits per heavy atom. The predicted molar refractivity (Wildman–Crippen MR) is 245 cm³/mol. The Balaban J connectivity index is 0.798. The molecule has 4 saturated heterocycles. The highest BCUT2D eigenvalue weighted by Gasteiger charge is 2.63. The lowest BCUT2D eigenvalue weighted by atomic mass is 9.68. The Labute approximate surface area is 385 Å². The fraction of sp³-hybridized carbons (Fsp3) is 0.489. The number of hydrogen-bond acceptors (Lipinski definition) is 12. The first kappa shape index (κ1) is 45.2. The zero-order valence-corrected chi connectivity index (χ0v) is 38.2. The summed E-state index contributed by atoms with van der Waals surface area (Å²) in [5.74, 6) is -2.92. The van der Waals surface area contributed by atoms with Crippen molar-refractivity contribution in [1.82, 2.24) is 30.0 Å². The summed E-state index contributed by atoms with van der Waals surface area (Å²) < 4.78 is 45.5. The number of rotatable bonds is 12. The molecule has 66 heavy (non-hydrogen) atoms. The summed E-state index contributed by atoms with van der Waals surface area (Å²) in [4.78, 5) is 74.9. The number of nitrogens with zero attached hydrogens (tertiary/aromatic N) is 6. The number of pyridine rings is 2. The van der Waals surface area contributed by atoms with Crippen molar-refractivity contribution in [2.45, 2.75) is 70.5 Å².